The Balaban J connectivity index is 2.28. The number of nitrogens with one attached hydrogen (secondary N) is 1. The zero-order valence-electron chi connectivity index (χ0n) is 11.8. The number of rotatable bonds is 6. The molecule has 21 heavy (non-hydrogen) atoms. The number of amides is 1. The molecule has 0 saturated heterocycles. The second-order valence-electron chi connectivity index (χ2n) is 4.88. The quantitative estimate of drug-likeness (QED) is 0.876. The number of sulfone groups is 1. The van der Waals surface area contributed by atoms with Gasteiger partial charge in [0.05, 0.1) is 0 Å². The maximum atomic E-state index is 12.7. The van der Waals surface area contributed by atoms with Gasteiger partial charge in [-0.15, -0.1) is 22.7 Å². The van der Waals surface area contributed by atoms with Crippen LogP contribution in [0.2, 0.25) is 0 Å². The molecule has 2 heterocycles. The topological polar surface area (TPSA) is 63.2 Å². The summed E-state index contributed by atoms with van der Waals surface area (Å²) in [4.78, 5) is 12.5. The van der Waals surface area contributed by atoms with Crippen LogP contribution in [0.5, 0.6) is 0 Å². The van der Waals surface area contributed by atoms with Crippen LogP contribution in [0.15, 0.2) is 39.2 Å². The molecule has 0 saturated carbocycles. The van der Waals surface area contributed by atoms with Gasteiger partial charge >= 0.3 is 0 Å². The maximum Gasteiger partial charge on any atom is 0.222 e. The second-order valence-corrected chi connectivity index (χ2v) is 9.17. The van der Waals surface area contributed by atoms with Gasteiger partial charge in [0.25, 0.3) is 0 Å². The number of hydrogen-bond acceptors (Lipinski definition) is 5. The van der Waals surface area contributed by atoms with Crippen LogP contribution in [-0.4, -0.2) is 20.9 Å². The summed E-state index contributed by atoms with van der Waals surface area (Å²) >= 11 is 2.59. The molecule has 0 radical (unpaired) electrons. The minimum absolute atomic E-state index is 0.0950. The Kier molecular flexibility index (Phi) is 5.18. The van der Waals surface area contributed by atoms with Gasteiger partial charge in [-0.2, -0.15) is 0 Å². The van der Waals surface area contributed by atoms with Crippen molar-refractivity contribution in [3.63, 3.8) is 0 Å². The molecule has 2 aromatic heterocycles. The first-order chi connectivity index (χ1) is 9.93. The van der Waals surface area contributed by atoms with Gasteiger partial charge in [-0.05, 0) is 22.9 Å². The fraction of sp³-hybridized carbons (Fsp3) is 0.357. The van der Waals surface area contributed by atoms with Crippen LogP contribution in [0.4, 0.5) is 0 Å². The van der Waals surface area contributed by atoms with Crippen LogP contribution in [0.25, 0.3) is 0 Å². The van der Waals surface area contributed by atoms with Crippen molar-refractivity contribution in [1.29, 1.82) is 0 Å². The summed E-state index contributed by atoms with van der Waals surface area (Å²) in [5.74, 6) is -0.309. The number of carbonyl (C=O) groups is 1. The predicted molar refractivity (Wildman–Crippen MR) is 86.4 cm³/mol. The first-order valence-electron chi connectivity index (χ1n) is 6.51. The van der Waals surface area contributed by atoms with Crippen molar-refractivity contribution in [1.82, 2.24) is 5.32 Å². The molecule has 0 aliphatic rings. The predicted octanol–water partition coefficient (Wildman–Crippen LogP) is 3.10. The van der Waals surface area contributed by atoms with E-state index in [1.807, 2.05) is 11.4 Å². The van der Waals surface area contributed by atoms with Gasteiger partial charge in [-0.3, -0.25) is 4.79 Å². The van der Waals surface area contributed by atoms with E-state index >= 15 is 0 Å². The molecule has 2 rings (SSSR count). The van der Waals surface area contributed by atoms with Gasteiger partial charge in [0.15, 0.2) is 9.84 Å². The first kappa shape index (κ1) is 16.2. The molecule has 1 N–H and O–H groups in total. The molecule has 7 heteroatoms. The van der Waals surface area contributed by atoms with Crippen LogP contribution >= 0.6 is 22.7 Å². The van der Waals surface area contributed by atoms with Crippen molar-refractivity contribution in [2.75, 3.05) is 6.54 Å². The van der Waals surface area contributed by atoms with Crippen LogP contribution < -0.4 is 5.32 Å². The Morgan fingerprint density at radius 2 is 1.86 bits per heavy atom. The lowest BCUT2D eigenvalue weighted by Crippen LogP contribution is -2.33. The van der Waals surface area contributed by atoms with E-state index in [1.54, 1.807) is 37.4 Å². The van der Waals surface area contributed by atoms with Gasteiger partial charge in [0.2, 0.25) is 5.91 Å². The molecule has 0 bridgehead atoms. The molecule has 0 aliphatic carbocycles. The molecule has 4 nitrogen and oxygen atoms in total. The number of hydrogen-bond donors (Lipinski definition) is 1. The minimum Gasteiger partial charge on any atom is -0.354 e. The number of thiophene rings is 2. The summed E-state index contributed by atoms with van der Waals surface area (Å²) in [5.41, 5.74) is 0. The molecule has 0 fully saturated rings. The fourth-order valence-corrected chi connectivity index (χ4v) is 5.79. The first-order valence-corrected chi connectivity index (χ1v) is 9.82. The lowest BCUT2D eigenvalue weighted by Gasteiger charge is -2.17. The molecule has 1 atom stereocenters. The van der Waals surface area contributed by atoms with E-state index < -0.39 is 15.1 Å². The number of carbonyl (C=O) groups excluding carboxylic acids is 1. The Morgan fingerprint density at radius 1 is 1.19 bits per heavy atom. The van der Waals surface area contributed by atoms with E-state index in [0.717, 1.165) is 4.88 Å². The molecule has 114 valence electrons. The summed E-state index contributed by atoms with van der Waals surface area (Å²) in [6.45, 7) is 3.66. The summed E-state index contributed by atoms with van der Waals surface area (Å²) < 4.78 is 25.8. The summed E-state index contributed by atoms with van der Waals surface area (Å²) in [5, 5.41) is 5.58. The third kappa shape index (κ3) is 3.72. The Hall–Kier alpha value is -1.18. The summed E-state index contributed by atoms with van der Waals surface area (Å²) in [7, 11) is -3.49. The highest BCUT2D eigenvalue weighted by Crippen LogP contribution is 2.33. The van der Waals surface area contributed by atoms with Crippen molar-refractivity contribution >= 4 is 38.4 Å². The van der Waals surface area contributed by atoms with Crippen molar-refractivity contribution in [2.24, 2.45) is 5.92 Å². The monoisotopic (exact) mass is 343 g/mol. The average molecular weight is 343 g/mol. The molecular formula is C14H17NO3S3. The zero-order chi connectivity index (χ0) is 15.5. The minimum atomic E-state index is -3.49. The summed E-state index contributed by atoms with van der Waals surface area (Å²) in [6, 6.07) is 6.93. The van der Waals surface area contributed by atoms with Crippen LogP contribution in [-0.2, 0) is 14.6 Å². The molecule has 0 aliphatic heterocycles. The van der Waals surface area contributed by atoms with E-state index in [9.17, 15) is 13.2 Å². The van der Waals surface area contributed by atoms with Crippen LogP contribution in [0.3, 0.4) is 0 Å². The average Bonchev–Trinajstić information content (AvgIpc) is 3.11. The van der Waals surface area contributed by atoms with E-state index in [0.29, 0.717) is 4.21 Å². The molecule has 2 aromatic rings. The second kappa shape index (κ2) is 6.72. The highest BCUT2D eigenvalue weighted by Gasteiger charge is 2.31. The molecule has 1 amide bonds. The smallest absolute Gasteiger partial charge is 0.222 e. The summed E-state index contributed by atoms with van der Waals surface area (Å²) in [6.07, 6.45) is 0. The normalized spacial score (nSPS) is 13.3. The Morgan fingerprint density at radius 3 is 2.38 bits per heavy atom. The van der Waals surface area contributed by atoms with Gasteiger partial charge in [-0.1, -0.05) is 26.0 Å². The Labute approximate surface area is 132 Å². The van der Waals surface area contributed by atoms with Gasteiger partial charge in [-0.25, -0.2) is 8.42 Å². The van der Waals surface area contributed by atoms with E-state index in [4.69, 9.17) is 0 Å². The third-order valence-electron chi connectivity index (χ3n) is 3.00. The van der Waals surface area contributed by atoms with Crippen LogP contribution in [0, 0.1) is 5.92 Å². The van der Waals surface area contributed by atoms with Crippen molar-refractivity contribution < 1.29 is 13.2 Å². The highest BCUT2D eigenvalue weighted by atomic mass is 32.2. The van der Waals surface area contributed by atoms with Gasteiger partial charge in [0, 0.05) is 17.3 Å². The zero-order valence-corrected chi connectivity index (χ0v) is 14.2. The molecular weight excluding hydrogens is 326 g/mol. The lowest BCUT2D eigenvalue weighted by atomic mass is 10.2. The molecule has 0 aromatic carbocycles. The van der Waals surface area contributed by atoms with E-state index in [-0.39, 0.29) is 18.4 Å². The lowest BCUT2D eigenvalue weighted by molar-refractivity contribution is -0.123. The Bertz CT molecular complexity index is 673. The SMILES string of the molecule is CC(C)C(=O)NC[C@@H](c1cccs1)S(=O)(=O)c1cccs1. The molecule has 0 spiro atoms. The van der Waals surface area contributed by atoms with Crippen molar-refractivity contribution in [3.05, 3.63) is 39.9 Å². The van der Waals surface area contributed by atoms with Crippen molar-refractivity contribution in [3.8, 4) is 0 Å². The standard InChI is InChI=1S/C14H17NO3S3/c1-10(2)14(16)15-9-12(11-5-3-7-19-11)21(17,18)13-6-4-8-20-13/h3-8,10,12H,9H2,1-2H3,(H,15,16)/t12-/m0/s1. The van der Waals surface area contributed by atoms with E-state index in [2.05, 4.69) is 5.32 Å². The molecule has 0 unspecified atom stereocenters. The maximum absolute atomic E-state index is 12.7. The third-order valence-corrected chi connectivity index (χ3v) is 7.65. The van der Waals surface area contributed by atoms with Gasteiger partial charge < -0.3 is 5.32 Å². The highest BCUT2D eigenvalue weighted by molar-refractivity contribution is 7.93. The fourth-order valence-electron chi connectivity index (χ4n) is 1.80. The van der Waals surface area contributed by atoms with Crippen molar-refractivity contribution in [2.45, 2.75) is 23.3 Å². The van der Waals surface area contributed by atoms with Crippen LogP contribution in [0.1, 0.15) is 24.0 Å². The van der Waals surface area contributed by atoms with Gasteiger partial charge in [0.1, 0.15) is 9.46 Å². The van der Waals surface area contributed by atoms with E-state index in [1.165, 1.54) is 22.7 Å². The largest absolute Gasteiger partial charge is 0.354 e.